The predicted octanol–water partition coefficient (Wildman–Crippen LogP) is 1.96. The highest BCUT2D eigenvalue weighted by Gasteiger charge is 2.38. The number of likely N-dealkylation sites (tertiary alicyclic amines) is 1. The number of hydrogen-bond donors (Lipinski definition) is 3. The monoisotopic (exact) mass is 407 g/mol. The molecular formula is C21H21N5O4. The van der Waals surface area contributed by atoms with Gasteiger partial charge in [0.25, 0.3) is 5.91 Å². The molecule has 1 aliphatic heterocycles. The maximum atomic E-state index is 11.8. The quantitative estimate of drug-likeness (QED) is 0.422. The summed E-state index contributed by atoms with van der Waals surface area (Å²) in [5.41, 5.74) is 4.21. The number of aromatic nitrogens is 3. The molecule has 1 amide bonds. The number of carboxylic acids is 1. The van der Waals surface area contributed by atoms with Crippen LogP contribution in [-0.2, 0) is 11.3 Å². The lowest BCUT2D eigenvalue weighted by molar-refractivity contribution is -0.142. The Morgan fingerprint density at radius 3 is 2.67 bits per heavy atom. The van der Waals surface area contributed by atoms with E-state index in [0.717, 1.165) is 5.56 Å². The van der Waals surface area contributed by atoms with Crippen molar-refractivity contribution >= 4 is 11.9 Å². The van der Waals surface area contributed by atoms with Crippen LogP contribution in [0.1, 0.15) is 28.4 Å². The van der Waals surface area contributed by atoms with Gasteiger partial charge in [-0.2, -0.15) is 0 Å². The summed E-state index contributed by atoms with van der Waals surface area (Å²) in [6.07, 6.45) is 2.18. The van der Waals surface area contributed by atoms with E-state index in [1.165, 1.54) is 0 Å². The first-order valence-corrected chi connectivity index (χ1v) is 9.52. The Morgan fingerprint density at radius 1 is 1.13 bits per heavy atom. The van der Waals surface area contributed by atoms with E-state index in [0.29, 0.717) is 36.3 Å². The molecule has 0 radical (unpaired) electrons. The second-order valence-electron chi connectivity index (χ2n) is 7.26. The van der Waals surface area contributed by atoms with Gasteiger partial charge in [-0.05, 0) is 24.1 Å². The molecule has 1 fully saturated rings. The van der Waals surface area contributed by atoms with Crippen molar-refractivity contribution in [1.82, 2.24) is 25.4 Å². The van der Waals surface area contributed by atoms with Crippen molar-refractivity contribution in [3.05, 3.63) is 71.9 Å². The molecule has 0 saturated carbocycles. The second kappa shape index (κ2) is 8.44. The highest BCUT2D eigenvalue weighted by Crippen LogP contribution is 2.29. The highest BCUT2D eigenvalue weighted by atomic mass is 16.5. The number of rotatable bonds is 6. The van der Waals surface area contributed by atoms with Gasteiger partial charge in [-0.25, -0.2) is 10.2 Å². The maximum absolute atomic E-state index is 11.8. The number of nitrogens with one attached hydrogen (secondary N) is 1. The molecule has 3 aromatic rings. The molecule has 2 heterocycles. The molecule has 0 bridgehead atoms. The van der Waals surface area contributed by atoms with Crippen LogP contribution in [0, 0.1) is 0 Å². The number of carbonyl (C=O) groups excluding carboxylic acids is 1. The van der Waals surface area contributed by atoms with Crippen LogP contribution in [0.4, 0.5) is 0 Å². The Labute approximate surface area is 172 Å². The Morgan fingerprint density at radius 2 is 1.93 bits per heavy atom. The first-order valence-electron chi connectivity index (χ1n) is 9.52. The summed E-state index contributed by atoms with van der Waals surface area (Å²) in [4.78, 5) is 25.4. The molecule has 0 aliphatic carbocycles. The zero-order chi connectivity index (χ0) is 21.1. The zero-order valence-electron chi connectivity index (χ0n) is 16.0. The lowest BCUT2D eigenvalue weighted by atomic mass is 10.1. The predicted molar refractivity (Wildman–Crippen MR) is 107 cm³/mol. The molecule has 1 aliphatic rings. The van der Waals surface area contributed by atoms with Crippen LogP contribution < -0.4 is 5.48 Å². The van der Waals surface area contributed by atoms with Gasteiger partial charge in [-0.3, -0.25) is 19.7 Å². The average Bonchev–Trinajstić information content (AvgIpc) is 3.41. The molecular weight excluding hydrogens is 386 g/mol. The van der Waals surface area contributed by atoms with Gasteiger partial charge < -0.3 is 5.11 Å². The zero-order valence-corrected chi connectivity index (χ0v) is 16.0. The molecule has 1 aromatic heterocycles. The number of benzene rings is 2. The second-order valence-corrected chi connectivity index (χ2v) is 7.26. The SMILES string of the molecule is O=C(NO)c1cccc(-c2cn([C@H]3C[C@@H](C(=O)O)N(Cc4ccccc4)C3)nn2)c1. The van der Waals surface area contributed by atoms with Gasteiger partial charge in [0.05, 0.1) is 12.2 Å². The van der Waals surface area contributed by atoms with Crippen LogP contribution in [-0.4, -0.2) is 54.7 Å². The van der Waals surface area contributed by atoms with Crippen molar-refractivity contribution < 1.29 is 19.9 Å². The van der Waals surface area contributed by atoms with E-state index in [1.807, 2.05) is 35.2 Å². The summed E-state index contributed by atoms with van der Waals surface area (Å²) in [5, 5.41) is 26.9. The van der Waals surface area contributed by atoms with Crippen LogP contribution >= 0.6 is 0 Å². The van der Waals surface area contributed by atoms with Crippen molar-refractivity contribution in [3.63, 3.8) is 0 Å². The van der Waals surface area contributed by atoms with E-state index in [-0.39, 0.29) is 6.04 Å². The summed E-state index contributed by atoms with van der Waals surface area (Å²) >= 11 is 0. The number of hydroxylamine groups is 1. The average molecular weight is 407 g/mol. The smallest absolute Gasteiger partial charge is 0.321 e. The molecule has 9 heteroatoms. The van der Waals surface area contributed by atoms with E-state index in [9.17, 15) is 14.7 Å². The summed E-state index contributed by atoms with van der Waals surface area (Å²) < 4.78 is 1.69. The lowest BCUT2D eigenvalue weighted by Gasteiger charge is -2.20. The topological polar surface area (TPSA) is 121 Å². The number of carbonyl (C=O) groups is 2. The van der Waals surface area contributed by atoms with Gasteiger partial charge in [0.15, 0.2) is 0 Å². The number of carboxylic acid groups (broad SMARTS) is 1. The van der Waals surface area contributed by atoms with Crippen LogP contribution in [0.2, 0.25) is 0 Å². The Bertz CT molecular complexity index is 1050. The van der Waals surface area contributed by atoms with Crippen LogP contribution in [0.15, 0.2) is 60.8 Å². The summed E-state index contributed by atoms with van der Waals surface area (Å²) in [7, 11) is 0. The maximum Gasteiger partial charge on any atom is 0.321 e. The van der Waals surface area contributed by atoms with Crippen molar-refractivity contribution in [2.24, 2.45) is 0 Å². The van der Waals surface area contributed by atoms with Crippen molar-refractivity contribution in [2.45, 2.75) is 25.0 Å². The number of aliphatic carboxylic acids is 1. The molecule has 154 valence electrons. The van der Waals surface area contributed by atoms with Crippen molar-refractivity contribution in [3.8, 4) is 11.3 Å². The third kappa shape index (κ3) is 4.07. The Kier molecular flexibility index (Phi) is 5.55. The van der Waals surface area contributed by atoms with Crippen LogP contribution in [0.5, 0.6) is 0 Å². The fraction of sp³-hybridized carbons (Fsp3) is 0.238. The van der Waals surface area contributed by atoms with Crippen molar-refractivity contribution in [1.29, 1.82) is 0 Å². The number of amides is 1. The first-order chi connectivity index (χ1) is 14.5. The third-order valence-corrected chi connectivity index (χ3v) is 5.30. The minimum atomic E-state index is -0.850. The van der Waals surface area contributed by atoms with Gasteiger partial charge in [0, 0.05) is 24.2 Å². The minimum absolute atomic E-state index is 0.125. The van der Waals surface area contributed by atoms with Crippen LogP contribution in [0.3, 0.4) is 0 Å². The number of nitrogens with zero attached hydrogens (tertiary/aromatic N) is 4. The molecule has 4 rings (SSSR count). The van der Waals surface area contributed by atoms with Gasteiger partial charge in [0.1, 0.15) is 11.7 Å². The Balaban J connectivity index is 1.53. The summed E-state index contributed by atoms with van der Waals surface area (Å²) in [6, 6.07) is 15.7. The van der Waals surface area contributed by atoms with Crippen LogP contribution in [0.25, 0.3) is 11.3 Å². The van der Waals surface area contributed by atoms with Gasteiger partial charge in [-0.15, -0.1) is 5.10 Å². The normalized spacial score (nSPS) is 19.0. The van der Waals surface area contributed by atoms with E-state index >= 15 is 0 Å². The Hall–Kier alpha value is -3.56. The summed E-state index contributed by atoms with van der Waals surface area (Å²) in [6.45, 7) is 1.09. The fourth-order valence-corrected chi connectivity index (χ4v) is 3.79. The summed E-state index contributed by atoms with van der Waals surface area (Å²) in [5.74, 6) is -1.46. The molecule has 0 unspecified atom stereocenters. The van der Waals surface area contributed by atoms with Gasteiger partial charge in [0.2, 0.25) is 0 Å². The molecule has 2 atom stereocenters. The molecule has 1 saturated heterocycles. The molecule has 2 aromatic carbocycles. The third-order valence-electron chi connectivity index (χ3n) is 5.30. The van der Waals surface area contributed by atoms with E-state index in [2.05, 4.69) is 10.3 Å². The lowest BCUT2D eigenvalue weighted by Crippen LogP contribution is -2.35. The molecule has 30 heavy (non-hydrogen) atoms. The van der Waals surface area contributed by atoms with Crippen molar-refractivity contribution in [2.75, 3.05) is 6.54 Å². The van der Waals surface area contributed by atoms with Gasteiger partial charge in [-0.1, -0.05) is 47.7 Å². The molecule has 0 spiro atoms. The fourth-order valence-electron chi connectivity index (χ4n) is 3.79. The number of hydrogen-bond acceptors (Lipinski definition) is 6. The van der Waals surface area contributed by atoms with E-state index in [1.54, 1.807) is 40.6 Å². The molecule has 9 nitrogen and oxygen atoms in total. The standard InChI is InChI=1S/C21H21N5O4/c27-20(23-30)16-8-4-7-15(9-16)18-13-26(24-22-18)17-10-19(21(28)29)25(12-17)11-14-5-2-1-3-6-14/h1-9,13,17,19,30H,10-12H2,(H,23,27)(H,28,29)/t17-,19-/m0/s1. The largest absolute Gasteiger partial charge is 0.480 e. The molecule has 3 N–H and O–H groups in total. The van der Waals surface area contributed by atoms with Gasteiger partial charge >= 0.3 is 5.97 Å². The van der Waals surface area contributed by atoms with E-state index in [4.69, 9.17) is 5.21 Å². The minimum Gasteiger partial charge on any atom is -0.480 e. The van der Waals surface area contributed by atoms with E-state index < -0.39 is 17.9 Å². The highest BCUT2D eigenvalue weighted by molar-refractivity contribution is 5.94. The first kappa shape index (κ1) is 19.7.